The summed E-state index contributed by atoms with van der Waals surface area (Å²) in [7, 11) is 0. The lowest BCUT2D eigenvalue weighted by Crippen LogP contribution is -2.56. The molecule has 37 heavy (non-hydrogen) atoms. The number of H-pyrrole nitrogens is 1. The van der Waals surface area contributed by atoms with Crippen LogP contribution in [0.2, 0.25) is 0 Å². The third-order valence-corrected chi connectivity index (χ3v) is 6.21. The first-order valence-electron chi connectivity index (χ1n) is 12.0. The first-order valence-corrected chi connectivity index (χ1v) is 12.4. The molecule has 3 aromatic rings. The number of halogens is 2. The zero-order valence-electron chi connectivity index (χ0n) is 20.7. The molecule has 1 aliphatic rings. The summed E-state index contributed by atoms with van der Waals surface area (Å²) >= 11 is 5.32. The summed E-state index contributed by atoms with van der Waals surface area (Å²) in [5.41, 5.74) is 2.37. The van der Waals surface area contributed by atoms with Gasteiger partial charge in [-0.2, -0.15) is 5.10 Å². The average molecular weight is 532 g/mol. The van der Waals surface area contributed by atoms with Crippen LogP contribution in [0.15, 0.2) is 48.8 Å². The number of thiocarbonyl (C=S) groups is 1. The van der Waals surface area contributed by atoms with Crippen LogP contribution in [0.25, 0.3) is 0 Å². The summed E-state index contributed by atoms with van der Waals surface area (Å²) in [4.78, 5) is 6.28. The van der Waals surface area contributed by atoms with Crippen LogP contribution in [0.4, 0.5) is 14.5 Å². The van der Waals surface area contributed by atoms with Crippen LogP contribution in [0.3, 0.4) is 0 Å². The zero-order valence-corrected chi connectivity index (χ0v) is 21.6. The Morgan fingerprint density at radius 2 is 1.89 bits per heavy atom. The molecule has 1 saturated heterocycles. The molecule has 4 rings (SSSR count). The van der Waals surface area contributed by atoms with E-state index in [-0.39, 0.29) is 24.6 Å². The number of aromatic nitrogens is 3. The number of hydrogen-bond donors (Lipinski definition) is 4. The van der Waals surface area contributed by atoms with E-state index in [9.17, 15) is 13.9 Å². The molecule has 2 heterocycles. The van der Waals surface area contributed by atoms with Crippen LogP contribution in [0.5, 0.6) is 5.75 Å². The minimum absolute atomic E-state index is 0.0866. The summed E-state index contributed by atoms with van der Waals surface area (Å²) in [6, 6.07) is 10.8. The quantitative estimate of drug-likeness (QED) is 0.310. The Morgan fingerprint density at radius 1 is 1.16 bits per heavy atom. The van der Waals surface area contributed by atoms with Crippen molar-refractivity contribution in [3.8, 4) is 5.75 Å². The highest BCUT2D eigenvalue weighted by Crippen LogP contribution is 2.29. The van der Waals surface area contributed by atoms with Gasteiger partial charge in [0, 0.05) is 56.0 Å². The Labute approximate surface area is 219 Å². The van der Waals surface area contributed by atoms with Crippen LogP contribution in [0, 0.1) is 11.6 Å². The summed E-state index contributed by atoms with van der Waals surface area (Å²) in [6.07, 6.45) is 1.20. The van der Waals surface area contributed by atoms with E-state index in [1.54, 1.807) is 12.1 Å². The minimum atomic E-state index is -1.80. The van der Waals surface area contributed by atoms with Gasteiger partial charge in [-0.05, 0) is 56.4 Å². The Bertz CT molecular complexity index is 1170. The van der Waals surface area contributed by atoms with Crippen molar-refractivity contribution in [2.24, 2.45) is 0 Å². The van der Waals surface area contributed by atoms with Gasteiger partial charge in [-0.1, -0.05) is 6.07 Å². The molecule has 0 aliphatic carbocycles. The van der Waals surface area contributed by atoms with E-state index in [0.29, 0.717) is 16.7 Å². The molecule has 12 heteroatoms. The lowest BCUT2D eigenvalue weighted by atomic mass is 9.90. The van der Waals surface area contributed by atoms with Gasteiger partial charge in [0.05, 0.1) is 0 Å². The van der Waals surface area contributed by atoms with Crippen molar-refractivity contribution in [1.29, 1.82) is 0 Å². The molecule has 2 aromatic carbocycles. The highest BCUT2D eigenvalue weighted by atomic mass is 32.1. The number of piperazine rings is 1. The van der Waals surface area contributed by atoms with E-state index in [4.69, 9.17) is 17.0 Å². The van der Waals surface area contributed by atoms with Gasteiger partial charge in [0.2, 0.25) is 0 Å². The lowest BCUT2D eigenvalue weighted by Gasteiger charge is -2.36. The third kappa shape index (κ3) is 7.12. The molecular weight excluding hydrogens is 500 g/mol. The number of rotatable bonds is 9. The first-order chi connectivity index (χ1) is 17.7. The van der Waals surface area contributed by atoms with Gasteiger partial charge in [-0.25, -0.2) is 18.8 Å². The Hall–Kier alpha value is -3.35. The first kappa shape index (κ1) is 26.7. The van der Waals surface area contributed by atoms with Gasteiger partial charge in [-0.15, -0.1) is 0 Å². The molecule has 198 valence electrons. The molecule has 4 N–H and O–H groups in total. The number of anilines is 1. The lowest BCUT2D eigenvalue weighted by molar-refractivity contribution is -0.0138. The summed E-state index contributed by atoms with van der Waals surface area (Å²) < 4.78 is 33.9. The maximum atomic E-state index is 14.6. The van der Waals surface area contributed by atoms with Crippen molar-refractivity contribution < 1.29 is 18.6 Å². The van der Waals surface area contributed by atoms with Gasteiger partial charge in [-0.3, -0.25) is 10.5 Å². The summed E-state index contributed by atoms with van der Waals surface area (Å²) in [6.45, 7) is 7.04. The summed E-state index contributed by atoms with van der Waals surface area (Å²) in [5, 5.41) is 23.7. The van der Waals surface area contributed by atoms with Crippen LogP contribution in [-0.4, -0.2) is 69.2 Å². The topological polar surface area (TPSA) is 102 Å². The number of aromatic amines is 1. The standard InChI is InChI=1S/C25H31F2N7O2S/c1-17(2)30-24(37)32-34-11-9-33(10-12-34)19-4-6-20(7-5-19)36-15-25(35,14-23-28-16-29-31-23)21-8-3-18(26)13-22(21)27/h3-8,13,16-17,35H,9-12,14-15H2,1-2H3,(H,28,29,31)(H2,30,32,37). The van der Waals surface area contributed by atoms with Crippen molar-refractivity contribution in [2.45, 2.75) is 31.9 Å². The van der Waals surface area contributed by atoms with E-state index in [1.165, 1.54) is 12.4 Å². The van der Waals surface area contributed by atoms with Crippen molar-refractivity contribution in [1.82, 2.24) is 30.9 Å². The van der Waals surface area contributed by atoms with Gasteiger partial charge < -0.3 is 20.1 Å². The maximum Gasteiger partial charge on any atom is 0.181 e. The molecule has 0 amide bonds. The van der Waals surface area contributed by atoms with E-state index < -0.39 is 17.2 Å². The minimum Gasteiger partial charge on any atom is -0.490 e. The van der Waals surface area contributed by atoms with Gasteiger partial charge >= 0.3 is 0 Å². The van der Waals surface area contributed by atoms with E-state index in [1.807, 2.05) is 26.0 Å². The van der Waals surface area contributed by atoms with E-state index in [2.05, 4.69) is 35.8 Å². The van der Waals surface area contributed by atoms with Crippen molar-refractivity contribution in [3.63, 3.8) is 0 Å². The molecule has 0 radical (unpaired) electrons. The molecular formula is C25H31F2N7O2S. The molecule has 0 saturated carbocycles. The van der Waals surface area contributed by atoms with Gasteiger partial charge in [0.25, 0.3) is 0 Å². The third-order valence-electron chi connectivity index (χ3n) is 6.00. The van der Waals surface area contributed by atoms with Crippen molar-refractivity contribution in [3.05, 3.63) is 71.8 Å². The highest BCUT2D eigenvalue weighted by molar-refractivity contribution is 7.80. The number of hydrazine groups is 1. The van der Waals surface area contributed by atoms with Crippen molar-refractivity contribution >= 4 is 23.0 Å². The second kappa shape index (κ2) is 11.8. The predicted molar refractivity (Wildman–Crippen MR) is 140 cm³/mol. The Morgan fingerprint density at radius 3 is 2.51 bits per heavy atom. The van der Waals surface area contributed by atoms with Crippen LogP contribution in [-0.2, 0) is 12.0 Å². The molecule has 9 nitrogen and oxygen atoms in total. The number of nitrogens with one attached hydrogen (secondary N) is 3. The van der Waals surface area contributed by atoms with Crippen LogP contribution < -0.4 is 20.4 Å². The van der Waals surface area contributed by atoms with Crippen LogP contribution in [0.1, 0.15) is 25.2 Å². The molecule has 1 atom stereocenters. The molecule has 0 bridgehead atoms. The van der Waals surface area contributed by atoms with E-state index >= 15 is 0 Å². The molecule has 1 aliphatic heterocycles. The number of benzene rings is 2. The van der Waals surface area contributed by atoms with Crippen molar-refractivity contribution in [2.75, 3.05) is 37.7 Å². The molecule has 1 unspecified atom stereocenters. The maximum absolute atomic E-state index is 14.6. The fourth-order valence-electron chi connectivity index (χ4n) is 4.15. The fraction of sp³-hybridized carbons (Fsp3) is 0.400. The van der Waals surface area contributed by atoms with Gasteiger partial charge in [0.1, 0.15) is 41.7 Å². The number of hydrogen-bond acceptors (Lipinski definition) is 7. The molecule has 0 spiro atoms. The van der Waals surface area contributed by atoms with Gasteiger partial charge in [0.15, 0.2) is 5.11 Å². The Kier molecular flexibility index (Phi) is 8.52. The predicted octanol–water partition coefficient (Wildman–Crippen LogP) is 2.50. The largest absolute Gasteiger partial charge is 0.490 e. The fourth-order valence-corrected chi connectivity index (χ4v) is 4.52. The average Bonchev–Trinajstić information content (AvgIpc) is 3.36. The molecule has 1 fully saturated rings. The normalized spacial score (nSPS) is 15.9. The molecule has 1 aromatic heterocycles. The SMILES string of the molecule is CC(C)NC(=S)NN1CCN(c2ccc(OCC(O)(Cc3ncn[nH]3)c3ccc(F)cc3F)cc2)CC1. The van der Waals surface area contributed by atoms with Crippen LogP contribution >= 0.6 is 12.2 Å². The highest BCUT2D eigenvalue weighted by Gasteiger charge is 2.35. The second-order valence-corrected chi connectivity index (χ2v) is 9.67. The number of aliphatic hydroxyl groups is 1. The second-order valence-electron chi connectivity index (χ2n) is 9.26. The summed E-state index contributed by atoms with van der Waals surface area (Å²) in [5.74, 6) is -0.742. The zero-order chi connectivity index (χ0) is 26.4. The number of nitrogens with zero attached hydrogens (tertiary/aromatic N) is 4. The number of ether oxygens (including phenoxy) is 1. The Balaban J connectivity index is 1.37. The van der Waals surface area contributed by atoms with E-state index in [0.717, 1.165) is 44.0 Å². The smallest absolute Gasteiger partial charge is 0.181 e. The monoisotopic (exact) mass is 531 g/mol.